The molecule has 0 spiro atoms. The number of ether oxygens (including phenoxy) is 1. The van der Waals surface area contributed by atoms with Gasteiger partial charge in [-0.05, 0) is 67.8 Å². The molecule has 0 saturated heterocycles. The Hall–Kier alpha value is -2.91. The summed E-state index contributed by atoms with van der Waals surface area (Å²) in [4.78, 5) is 25.4. The van der Waals surface area contributed by atoms with Crippen molar-refractivity contribution in [2.75, 3.05) is 6.61 Å². The number of hydrazine groups is 1. The monoisotopic (exact) mass is 448 g/mol. The average Bonchev–Trinajstić information content (AvgIpc) is 2.74. The lowest BCUT2D eigenvalue weighted by molar-refractivity contribution is 0.0696. The third-order valence-corrected chi connectivity index (χ3v) is 6.21. The van der Waals surface area contributed by atoms with E-state index in [2.05, 4.69) is 12.3 Å². The Morgan fingerprint density at radius 3 is 2.29 bits per heavy atom. The van der Waals surface area contributed by atoms with Crippen LogP contribution in [0.1, 0.15) is 64.4 Å². The number of amides is 1. The van der Waals surface area contributed by atoms with Crippen LogP contribution < -0.4 is 15.0 Å². The van der Waals surface area contributed by atoms with Crippen LogP contribution in [0.15, 0.2) is 41.3 Å². The first-order valence-corrected chi connectivity index (χ1v) is 11.5. The minimum atomic E-state index is -4.17. The lowest BCUT2D eigenvalue weighted by Crippen LogP contribution is -2.41. The Morgan fingerprint density at radius 1 is 1.00 bits per heavy atom. The van der Waals surface area contributed by atoms with E-state index in [1.165, 1.54) is 18.2 Å². The molecule has 0 aliphatic carbocycles. The summed E-state index contributed by atoms with van der Waals surface area (Å²) in [5.74, 6) is -1.26. The van der Waals surface area contributed by atoms with Crippen molar-refractivity contribution in [3.8, 4) is 5.75 Å². The van der Waals surface area contributed by atoms with E-state index in [0.29, 0.717) is 23.5 Å². The number of aromatic carboxylic acids is 1. The molecule has 0 aromatic heterocycles. The molecule has 8 nitrogen and oxygen atoms in total. The lowest BCUT2D eigenvalue weighted by Gasteiger charge is -2.13. The molecule has 0 atom stereocenters. The molecular formula is C22H28N2O6S. The molecule has 2 aromatic carbocycles. The van der Waals surface area contributed by atoms with Crippen molar-refractivity contribution in [2.45, 2.75) is 51.3 Å². The fourth-order valence-corrected chi connectivity index (χ4v) is 4.07. The van der Waals surface area contributed by atoms with Gasteiger partial charge in [-0.2, -0.15) is 0 Å². The zero-order valence-corrected chi connectivity index (χ0v) is 18.7. The molecule has 9 heteroatoms. The first-order valence-electron chi connectivity index (χ1n) is 10.0. The molecule has 2 aromatic rings. The van der Waals surface area contributed by atoms with E-state index in [-0.39, 0.29) is 16.0 Å². The number of unbranched alkanes of at least 4 members (excludes halogenated alkanes) is 3. The first kappa shape index (κ1) is 24.4. The van der Waals surface area contributed by atoms with Crippen LogP contribution in [0.5, 0.6) is 5.75 Å². The summed E-state index contributed by atoms with van der Waals surface area (Å²) in [6.07, 6.45) is 4.38. The van der Waals surface area contributed by atoms with E-state index < -0.39 is 21.9 Å². The lowest BCUT2D eigenvalue weighted by atomic mass is 10.1. The number of nitrogens with one attached hydrogen (secondary N) is 2. The van der Waals surface area contributed by atoms with Crippen LogP contribution in [0.3, 0.4) is 0 Å². The van der Waals surface area contributed by atoms with E-state index in [1.807, 2.05) is 4.83 Å². The molecule has 0 unspecified atom stereocenters. The summed E-state index contributed by atoms with van der Waals surface area (Å²) < 4.78 is 30.9. The van der Waals surface area contributed by atoms with Gasteiger partial charge in [0.1, 0.15) is 5.75 Å². The quantitative estimate of drug-likeness (QED) is 0.357. The molecule has 0 aliphatic heterocycles. The molecule has 31 heavy (non-hydrogen) atoms. The van der Waals surface area contributed by atoms with Crippen molar-refractivity contribution in [1.29, 1.82) is 0 Å². The number of carbonyl (C=O) groups excluding carboxylic acids is 1. The third-order valence-electron chi connectivity index (χ3n) is 4.84. The second kappa shape index (κ2) is 10.9. The molecule has 2 rings (SSSR count). The Balaban J connectivity index is 2.01. The topological polar surface area (TPSA) is 122 Å². The maximum atomic E-state index is 12.6. The zero-order valence-electron chi connectivity index (χ0n) is 17.9. The highest BCUT2D eigenvalue weighted by molar-refractivity contribution is 7.89. The van der Waals surface area contributed by atoms with E-state index in [1.54, 1.807) is 26.0 Å². The number of hydrogen-bond acceptors (Lipinski definition) is 5. The number of carboxylic acids is 1. The van der Waals surface area contributed by atoms with Crippen molar-refractivity contribution in [3.05, 3.63) is 58.7 Å². The fourth-order valence-electron chi connectivity index (χ4n) is 2.89. The number of rotatable bonds is 11. The molecule has 0 saturated carbocycles. The maximum absolute atomic E-state index is 12.6. The first-order chi connectivity index (χ1) is 14.7. The Labute approximate surface area is 182 Å². The SMILES string of the molecule is CCCCCCOc1ccc(C(=O)NNS(=O)(=O)c2cc(C(=O)O)cc(C)c2C)cc1. The molecular weight excluding hydrogens is 420 g/mol. The predicted molar refractivity (Wildman–Crippen MR) is 117 cm³/mol. The van der Waals surface area contributed by atoms with Gasteiger partial charge in [0.2, 0.25) is 0 Å². The summed E-state index contributed by atoms with van der Waals surface area (Å²) in [5.41, 5.74) is 3.15. The second-order valence-electron chi connectivity index (χ2n) is 7.21. The Bertz CT molecular complexity index is 1030. The van der Waals surface area contributed by atoms with Crippen molar-refractivity contribution in [2.24, 2.45) is 0 Å². The Kier molecular flexibility index (Phi) is 8.58. The highest BCUT2D eigenvalue weighted by Gasteiger charge is 2.21. The minimum Gasteiger partial charge on any atom is -0.494 e. The van der Waals surface area contributed by atoms with E-state index in [9.17, 15) is 23.1 Å². The van der Waals surface area contributed by atoms with Crippen LogP contribution in [0.2, 0.25) is 0 Å². The van der Waals surface area contributed by atoms with Crippen LogP contribution in [0, 0.1) is 13.8 Å². The van der Waals surface area contributed by atoms with Crippen LogP contribution in [-0.4, -0.2) is 32.0 Å². The second-order valence-corrected chi connectivity index (χ2v) is 8.87. The summed E-state index contributed by atoms with van der Waals surface area (Å²) in [5, 5.41) is 9.18. The number of sulfonamides is 1. The van der Waals surface area contributed by atoms with Gasteiger partial charge in [0.05, 0.1) is 17.1 Å². The van der Waals surface area contributed by atoms with Crippen LogP contribution in [0.25, 0.3) is 0 Å². The van der Waals surface area contributed by atoms with Crippen LogP contribution in [-0.2, 0) is 10.0 Å². The van der Waals surface area contributed by atoms with Crippen molar-refractivity contribution in [1.82, 2.24) is 10.3 Å². The van der Waals surface area contributed by atoms with Gasteiger partial charge >= 0.3 is 5.97 Å². The van der Waals surface area contributed by atoms with E-state index in [4.69, 9.17) is 4.74 Å². The van der Waals surface area contributed by atoms with Crippen molar-refractivity contribution < 1.29 is 27.9 Å². The third kappa shape index (κ3) is 6.80. The zero-order chi connectivity index (χ0) is 23.0. The molecule has 0 aliphatic rings. The van der Waals surface area contributed by atoms with Crippen LogP contribution in [0.4, 0.5) is 0 Å². The van der Waals surface area contributed by atoms with Gasteiger partial charge in [0.15, 0.2) is 0 Å². The normalized spacial score (nSPS) is 11.2. The highest BCUT2D eigenvalue weighted by atomic mass is 32.2. The largest absolute Gasteiger partial charge is 0.494 e. The van der Waals surface area contributed by atoms with Crippen LogP contribution >= 0.6 is 0 Å². The molecule has 1 amide bonds. The molecule has 3 N–H and O–H groups in total. The van der Waals surface area contributed by atoms with Crippen molar-refractivity contribution >= 4 is 21.9 Å². The fraction of sp³-hybridized carbons (Fsp3) is 0.364. The summed E-state index contributed by atoms with van der Waals surface area (Å²) in [6, 6.07) is 8.81. The Morgan fingerprint density at radius 2 is 1.68 bits per heavy atom. The highest BCUT2D eigenvalue weighted by Crippen LogP contribution is 2.21. The standard InChI is InChI=1S/C22H28N2O6S/c1-4-5-6-7-12-30-19-10-8-17(9-11-19)21(25)23-24-31(28,29)20-14-18(22(26)27)13-15(2)16(20)3/h8-11,13-14,24H,4-7,12H2,1-3H3,(H,23,25)(H,26,27). The summed E-state index contributed by atoms with van der Waals surface area (Å²) in [6.45, 7) is 5.92. The molecule has 0 radical (unpaired) electrons. The van der Waals surface area contributed by atoms with Gasteiger partial charge in [0.25, 0.3) is 15.9 Å². The van der Waals surface area contributed by atoms with Gasteiger partial charge in [0, 0.05) is 5.56 Å². The van der Waals surface area contributed by atoms with Gasteiger partial charge in [-0.1, -0.05) is 26.2 Å². The van der Waals surface area contributed by atoms with Gasteiger partial charge in [-0.15, -0.1) is 4.83 Å². The van der Waals surface area contributed by atoms with Gasteiger partial charge in [-0.25, -0.2) is 13.2 Å². The minimum absolute atomic E-state index is 0.153. The molecule has 168 valence electrons. The summed E-state index contributed by atoms with van der Waals surface area (Å²) in [7, 11) is -4.17. The van der Waals surface area contributed by atoms with E-state index in [0.717, 1.165) is 31.7 Å². The molecule has 0 heterocycles. The number of benzene rings is 2. The maximum Gasteiger partial charge on any atom is 0.335 e. The smallest absolute Gasteiger partial charge is 0.335 e. The van der Waals surface area contributed by atoms with Gasteiger partial charge < -0.3 is 9.84 Å². The number of aryl methyl sites for hydroxylation is 1. The molecule has 0 bridgehead atoms. The van der Waals surface area contributed by atoms with Gasteiger partial charge in [-0.3, -0.25) is 10.2 Å². The number of hydrogen-bond donors (Lipinski definition) is 3. The van der Waals surface area contributed by atoms with Crippen molar-refractivity contribution in [3.63, 3.8) is 0 Å². The van der Waals surface area contributed by atoms with E-state index >= 15 is 0 Å². The molecule has 0 fully saturated rings. The predicted octanol–water partition coefficient (Wildman–Crippen LogP) is 3.58. The number of carboxylic acid groups (broad SMARTS) is 1. The summed E-state index contributed by atoms with van der Waals surface area (Å²) >= 11 is 0. The average molecular weight is 449 g/mol. The number of carbonyl (C=O) groups is 2.